The number of benzene rings is 1. The van der Waals surface area contributed by atoms with Gasteiger partial charge >= 0.3 is 0 Å². The Bertz CT molecular complexity index is 333. The summed E-state index contributed by atoms with van der Waals surface area (Å²) < 4.78 is 5.30. The van der Waals surface area contributed by atoms with Crippen molar-refractivity contribution in [2.75, 3.05) is 13.7 Å². The van der Waals surface area contributed by atoms with Crippen molar-refractivity contribution in [1.29, 1.82) is 0 Å². The predicted octanol–water partition coefficient (Wildman–Crippen LogP) is 2.84. The highest BCUT2D eigenvalue weighted by Crippen LogP contribution is 2.23. The van der Waals surface area contributed by atoms with Crippen LogP contribution >= 0.6 is 0 Å². The summed E-state index contributed by atoms with van der Waals surface area (Å²) in [5.74, 6) is 0.928. The maximum Gasteiger partial charge on any atom is 0.122 e. The Labute approximate surface area is 92.0 Å². The van der Waals surface area contributed by atoms with Crippen LogP contribution in [0.15, 0.2) is 30.9 Å². The van der Waals surface area contributed by atoms with E-state index in [9.17, 15) is 0 Å². The van der Waals surface area contributed by atoms with Gasteiger partial charge in [-0.25, -0.2) is 0 Å². The molecular formula is C13H19NO. The average molecular weight is 205 g/mol. The predicted molar refractivity (Wildman–Crippen MR) is 64.3 cm³/mol. The Morgan fingerprint density at radius 3 is 2.80 bits per heavy atom. The van der Waals surface area contributed by atoms with E-state index in [0.29, 0.717) is 0 Å². The van der Waals surface area contributed by atoms with Gasteiger partial charge in [-0.1, -0.05) is 25.1 Å². The van der Waals surface area contributed by atoms with Gasteiger partial charge in [0.1, 0.15) is 5.75 Å². The number of hydrogen-bond acceptors (Lipinski definition) is 2. The van der Waals surface area contributed by atoms with Crippen molar-refractivity contribution in [3.63, 3.8) is 0 Å². The summed E-state index contributed by atoms with van der Waals surface area (Å²) in [5, 5.41) is 3.35. The first-order valence-electron chi connectivity index (χ1n) is 5.23. The summed E-state index contributed by atoms with van der Waals surface area (Å²) in [5.41, 5.74) is 2.34. The van der Waals surface area contributed by atoms with Crippen LogP contribution in [0.4, 0.5) is 0 Å². The standard InChI is InChI=1S/C13H19NO/c1-5-12(14-6-2)11-8-7-10(3)13(9-11)15-4/h5,7-9,12,14H,1,6H2,2-4H3. The molecule has 0 aliphatic heterocycles. The van der Waals surface area contributed by atoms with E-state index in [1.54, 1.807) is 7.11 Å². The molecule has 0 heterocycles. The third-order valence-electron chi connectivity index (χ3n) is 2.45. The van der Waals surface area contributed by atoms with Gasteiger partial charge in [-0.3, -0.25) is 0 Å². The van der Waals surface area contributed by atoms with Crippen molar-refractivity contribution < 1.29 is 4.74 Å². The largest absolute Gasteiger partial charge is 0.496 e. The van der Waals surface area contributed by atoms with Gasteiger partial charge in [-0.05, 0) is 30.7 Å². The van der Waals surface area contributed by atoms with Crippen LogP contribution in [0.5, 0.6) is 5.75 Å². The van der Waals surface area contributed by atoms with Crippen LogP contribution in [-0.2, 0) is 0 Å². The molecule has 1 aromatic carbocycles. The fourth-order valence-electron chi connectivity index (χ4n) is 1.59. The third-order valence-corrected chi connectivity index (χ3v) is 2.45. The maximum absolute atomic E-state index is 5.30. The van der Waals surface area contributed by atoms with Crippen LogP contribution < -0.4 is 10.1 Å². The lowest BCUT2D eigenvalue weighted by Crippen LogP contribution is -2.18. The fourth-order valence-corrected chi connectivity index (χ4v) is 1.59. The van der Waals surface area contributed by atoms with Crippen LogP contribution in [0.1, 0.15) is 24.1 Å². The van der Waals surface area contributed by atoms with Crippen LogP contribution in [0, 0.1) is 6.92 Å². The smallest absolute Gasteiger partial charge is 0.122 e. The van der Waals surface area contributed by atoms with Crippen LogP contribution in [0.25, 0.3) is 0 Å². The molecule has 2 heteroatoms. The number of hydrogen-bond donors (Lipinski definition) is 1. The zero-order valence-corrected chi connectivity index (χ0v) is 9.71. The normalized spacial score (nSPS) is 12.2. The van der Waals surface area contributed by atoms with Gasteiger partial charge in [-0.15, -0.1) is 6.58 Å². The van der Waals surface area contributed by atoms with Gasteiger partial charge in [0.15, 0.2) is 0 Å². The summed E-state index contributed by atoms with van der Waals surface area (Å²) in [6.45, 7) is 8.88. The average Bonchev–Trinajstić information content (AvgIpc) is 2.27. The Morgan fingerprint density at radius 1 is 1.53 bits per heavy atom. The van der Waals surface area contributed by atoms with Crippen LogP contribution in [0.3, 0.4) is 0 Å². The monoisotopic (exact) mass is 205 g/mol. The molecule has 1 aromatic rings. The molecule has 1 unspecified atom stereocenters. The van der Waals surface area contributed by atoms with E-state index in [1.807, 2.05) is 13.0 Å². The first-order chi connectivity index (χ1) is 7.22. The molecular weight excluding hydrogens is 186 g/mol. The zero-order valence-electron chi connectivity index (χ0n) is 9.71. The third kappa shape index (κ3) is 2.83. The van der Waals surface area contributed by atoms with E-state index in [-0.39, 0.29) is 6.04 Å². The topological polar surface area (TPSA) is 21.3 Å². The number of methoxy groups -OCH3 is 1. The van der Waals surface area contributed by atoms with Gasteiger partial charge in [0.25, 0.3) is 0 Å². The van der Waals surface area contributed by atoms with Crippen molar-refractivity contribution in [2.24, 2.45) is 0 Å². The minimum absolute atomic E-state index is 0.199. The molecule has 0 amide bonds. The highest BCUT2D eigenvalue weighted by Gasteiger charge is 2.07. The minimum atomic E-state index is 0.199. The van der Waals surface area contributed by atoms with E-state index in [1.165, 1.54) is 5.56 Å². The number of nitrogens with one attached hydrogen (secondary N) is 1. The second kappa shape index (κ2) is 5.56. The first-order valence-corrected chi connectivity index (χ1v) is 5.23. The molecule has 1 rings (SSSR count). The van der Waals surface area contributed by atoms with E-state index in [4.69, 9.17) is 4.74 Å². The molecule has 0 saturated carbocycles. The van der Waals surface area contributed by atoms with E-state index in [0.717, 1.165) is 17.9 Å². The van der Waals surface area contributed by atoms with Gasteiger partial charge in [0, 0.05) is 0 Å². The van der Waals surface area contributed by atoms with Gasteiger partial charge in [0.05, 0.1) is 13.2 Å². The molecule has 0 aliphatic rings. The number of ether oxygens (including phenoxy) is 1. The molecule has 1 atom stereocenters. The molecule has 0 aromatic heterocycles. The summed E-state index contributed by atoms with van der Waals surface area (Å²) in [6.07, 6.45) is 1.91. The zero-order chi connectivity index (χ0) is 11.3. The molecule has 2 nitrogen and oxygen atoms in total. The molecule has 82 valence electrons. The first kappa shape index (κ1) is 11.8. The Hall–Kier alpha value is -1.28. The van der Waals surface area contributed by atoms with Crippen molar-refractivity contribution in [3.05, 3.63) is 42.0 Å². The minimum Gasteiger partial charge on any atom is -0.496 e. The molecule has 0 bridgehead atoms. The molecule has 0 fully saturated rings. The highest BCUT2D eigenvalue weighted by atomic mass is 16.5. The van der Waals surface area contributed by atoms with Crippen molar-refractivity contribution in [3.8, 4) is 5.75 Å². The molecule has 0 spiro atoms. The SMILES string of the molecule is C=CC(NCC)c1ccc(C)c(OC)c1. The van der Waals surface area contributed by atoms with Crippen LogP contribution in [-0.4, -0.2) is 13.7 Å². The number of rotatable bonds is 5. The Balaban J connectivity index is 2.97. The Kier molecular flexibility index (Phi) is 4.37. The summed E-state index contributed by atoms with van der Waals surface area (Å²) in [6, 6.07) is 6.43. The maximum atomic E-state index is 5.30. The molecule has 0 saturated heterocycles. The molecule has 0 aliphatic carbocycles. The lowest BCUT2D eigenvalue weighted by Gasteiger charge is -2.15. The number of likely N-dealkylation sites (N-methyl/N-ethyl adjacent to an activating group) is 1. The summed E-state index contributed by atoms with van der Waals surface area (Å²) >= 11 is 0. The van der Waals surface area contributed by atoms with Gasteiger partial charge in [-0.2, -0.15) is 0 Å². The Morgan fingerprint density at radius 2 is 2.27 bits per heavy atom. The molecule has 15 heavy (non-hydrogen) atoms. The van der Waals surface area contributed by atoms with Crippen LogP contribution in [0.2, 0.25) is 0 Å². The molecule has 0 radical (unpaired) electrons. The lowest BCUT2D eigenvalue weighted by molar-refractivity contribution is 0.410. The van der Waals surface area contributed by atoms with E-state index < -0.39 is 0 Å². The summed E-state index contributed by atoms with van der Waals surface area (Å²) in [4.78, 5) is 0. The fraction of sp³-hybridized carbons (Fsp3) is 0.385. The quantitative estimate of drug-likeness (QED) is 0.746. The van der Waals surface area contributed by atoms with E-state index in [2.05, 4.69) is 37.0 Å². The number of aryl methyl sites for hydroxylation is 1. The highest BCUT2D eigenvalue weighted by molar-refractivity contribution is 5.38. The summed E-state index contributed by atoms with van der Waals surface area (Å²) in [7, 11) is 1.70. The second-order valence-electron chi connectivity index (χ2n) is 3.50. The van der Waals surface area contributed by atoms with Crippen molar-refractivity contribution in [1.82, 2.24) is 5.32 Å². The van der Waals surface area contributed by atoms with Gasteiger partial charge < -0.3 is 10.1 Å². The molecule has 1 N–H and O–H groups in total. The van der Waals surface area contributed by atoms with Gasteiger partial charge in [0.2, 0.25) is 0 Å². The van der Waals surface area contributed by atoms with E-state index >= 15 is 0 Å². The van der Waals surface area contributed by atoms with Crippen molar-refractivity contribution in [2.45, 2.75) is 19.9 Å². The lowest BCUT2D eigenvalue weighted by atomic mass is 10.0. The van der Waals surface area contributed by atoms with Crippen molar-refractivity contribution >= 4 is 0 Å². The second-order valence-corrected chi connectivity index (χ2v) is 3.50.